The van der Waals surface area contributed by atoms with Crippen molar-refractivity contribution in [2.75, 3.05) is 19.7 Å². The van der Waals surface area contributed by atoms with E-state index in [0.29, 0.717) is 11.8 Å². The van der Waals surface area contributed by atoms with Gasteiger partial charge in [0.25, 0.3) is 0 Å². The summed E-state index contributed by atoms with van der Waals surface area (Å²) in [6.45, 7) is 4.69. The molecule has 3 atom stereocenters. The van der Waals surface area contributed by atoms with Crippen LogP contribution >= 0.6 is 0 Å². The van der Waals surface area contributed by atoms with E-state index < -0.39 is 0 Å². The smallest absolute Gasteiger partial charge is 0.229 e. The number of hydrogen-bond acceptors (Lipinski definition) is 3. The van der Waals surface area contributed by atoms with E-state index in [0.717, 1.165) is 57.5 Å². The Morgan fingerprint density at radius 3 is 2.68 bits per heavy atom. The molecule has 0 N–H and O–H groups in total. The molecule has 3 aliphatic carbocycles. The Kier molecular flexibility index (Phi) is 5.80. The Bertz CT molecular complexity index is 1100. The highest BCUT2D eigenvalue weighted by atomic mass is 19.1. The third-order valence-corrected chi connectivity index (χ3v) is 8.57. The number of aromatic nitrogens is 2. The molecule has 34 heavy (non-hydrogen) atoms. The molecule has 0 spiro atoms. The Morgan fingerprint density at radius 1 is 1.15 bits per heavy atom. The van der Waals surface area contributed by atoms with E-state index in [4.69, 9.17) is 4.74 Å². The number of allylic oxidation sites excluding steroid dienone is 1. The number of benzene rings is 1. The van der Waals surface area contributed by atoms with Crippen molar-refractivity contribution in [3.8, 4) is 5.69 Å². The molecule has 5 nitrogen and oxygen atoms in total. The summed E-state index contributed by atoms with van der Waals surface area (Å²) in [7, 11) is 0. The third-order valence-electron chi connectivity index (χ3n) is 8.57. The summed E-state index contributed by atoms with van der Waals surface area (Å²) in [5.41, 5.74) is 6.00. The molecule has 0 radical (unpaired) electrons. The second-order valence-electron chi connectivity index (χ2n) is 10.7. The first-order valence-electron chi connectivity index (χ1n) is 13.0. The molecule has 1 aromatic carbocycles. The molecular weight excluding hydrogens is 429 g/mol. The van der Waals surface area contributed by atoms with Crippen LogP contribution in [0, 0.1) is 17.7 Å². The maximum Gasteiger partial charge on any atom is 0.229 e. The largest absolute Gasteiger partial charge is 0.376 e. The number of halogens is 1. The van der Waals surface area contributed by atoms with E-state index in [1.807, 2.05) is 10.9 Å². The fourth-order valence-corrected chi connectivity index (χ4v) is 6.52. The van der Waals surface area contributed by atoms with Crippen molar-refractivity contribution in [3.05, 3.63) is 58.7 Å². The molecular formula is C28H34FN3O2. The average molecular weight is 464 g/mol. The molecule has 2 heterocycles. The van der Waals surface area contributed by atoms with Crippen LogP contribution in [0.4, 0.5) is 4.39 Å². The van der Waals surface area contributed by atoms with Gasteiger partial charge in [0, 0.05) is 37.6 Å². The van der Waals surface area contributed by atoms with Crippen LogP contribution in [-0.4, -0.2) is 46.4 Å². The fourth-order valence-electron chi connectivity index (χ4n) is 6.52. The Labute approximate surface area is 201 Å². The zero-order valence-corrected chi connectivity index (χ0v) is 20.0. The standard InChI is InChI=1S/C28H34FN3O2/c1-18-25-15-30-32(22-10-8-21(29)9-11-22)26(25)14-20-7-12-24(27(18)20)28(33)31(16-19-4-2-5-19)17-23-6-3-13-34-23/h8-11,15,18-19,23-24H,2-7,12-14,16-17H2,1H3/t18-,23?,24+/m0/s1. The van der Waals surface area contributed by atoms with Gasteiger partial charge in [-0.3, -0.25) is 4.79 Å². The van der Waals surface area contributed by atoms with Gasteiger partial charge in [-0.1, -0.05) is 24.5 Å². The number of rotatable bonds is 6. The van der Waals surface area contributed by atoms with Crippen molar-refractivity contribution in [1.29, 1.82) is 0 Å². The van der Waals surface area contributed by atoms with Gasteiger partial charge < -0.3 is 9.64 Å². The summed E-state index contributed by atoms with van der Waals surface area (Å²) < 4.78 is 21.3. The summed E-state index contributed by atoms with van der Waals surface area (Å²) in [4.78, 5) is 16.1. The maximum absolute atomic E-state index is 14.0. The minimum absolute atomic E-state index is 0.0196. The van der Waals surface area contributed by atoms with Gasteiger partial charge in [0.05, 0.1) is 29.6 Å². The number of carbonyl (C=O) groups excluding carboxylic acids is 1. The first-order valence-corrected chi connectivity index (χ1v) is 13.0. The number of fused-ring (bicyclic) bond motifs is 1. The molecule has 4 aliphatic rings. The van der Waals surface area contributed by atoms with E-state index in [-0.39, 0.29) is 23.8 Å². The van der Waals surface area contributed by atoms with Crippen LogP contribution < -0.4 is 0 Å². The molecule has 1 aromatic heterocycles. The monoisotopic (exact) mass is 463 g/mol. The first kappa shape index (κ1) is 22.0. The molecule has 0 bridgehead atoms. The van der Waals surface area contributed by atoms with Gasteiger partial charge in [0.15, 0.2) is 0 Å². The van der Waals surface area contributed by atoms with Gasteiger partial charge in [-0.25, -0.2) is 9.07 Å². The quantitative estimate of drug-likeness (QED) is 0.554. The topological polar surface area (TPSA) is 47.4 Å². The molecule has 1 aliphatic heterocycles. The van der Waals surface area contributed by atoms with E-state index in [1.54, 1.807) is 12.1 Å². The van der Waals surface area contributed by atoms with E-state index >= 15 is 0 Å². The number of hydrogen-bond donors (Lipinski definition) is 0. The van der Waals surface area contributed by atoms with E-state index in [9.17, 15) is 9.18 Å². The van der Waals surface area contributed by atoms with Gasteiger partial charge >= 0.3 is 0 Å². The van der Waals surface area contributed by atoms with E-state index in [2.05, 4.69) is 16.9 Å². The van der Waals surface area contributed by atoms with Gasteiger partial charge in [0.2, 0.25) is 5.91 Å². The normalized spacial score (nSPS) is 26.4. The minimum atomic E-state index is -0.241. The van der Waals surface area contributed by atoms with Crippen molar-refractivity contribution in [2.45, 2.75) is 70.3 Å². The van der Waals surface area contributed by atoms with Crippen LogP contribution in [0.3, 0.4) is 0 Å². The lowest BCUT2D eigenvalue weighted by atomic mass is 9.79. The summed E-state index contributed by atoms with van der Waals surface area (Å²) in [6, 6.07) is 6.52. The number of carbonyl (C=O) groups is 1. The first-order chi connectivity index (χ1) is 16.6. The molecule has 180 valence electrons. The van der Waals surface area contributed by atoms with Crippen LogP contribution in [0.2, 0.25) is 0 Å². The van der Waals surface area contributed by atoms with Gasteiger partial charge in [0.1, 0.15) is 5.82 Å². The Hall–Kier alpha value is -2.47. The maximum atomic E-state index is 14.0. The predicted octanol–water partition coefficient (Wildman–Crippen LogP) is 5.19. The lowest BCUT2D eigenvalue weighted by Gasteiger charge is -2.36. The van der Waals surface area contributed by atoms with E-state index in [1.165, 1.54) is 53.8 Å². The van der Waals surface area contributed by atoms with Crippen LogP contribution in [-0.2, 0) is 16.0 Å². The lowest BCUT2D eigenvalue weighted by molar-refractivity contribution is -0.137. The number of amides is 1. The van der Waals surface area contributed by atoms with Crippen molar-refractivity contribution in [3.63, 3.8) is 0 Å². The SMILES string of the molecule is C[C@@H]1C2=C(CC[C@H]2C(=O)N(CC2CCC2)CC2CCCO2)Cc2c1cnn2-c1ccc(F)cc1. The van der Waals surface area contributed by atoms with Crippen LogP contribution in [0.15, 0.2) is 41.6 Å². The number of nitrogens with zero attached hydrogens (tertiary/aromatic N) is 3. The van der Waals surface area contributed by atoms with Crippen LogP contribution in [0.1, 0.15) is 69.0 Å². The highest BCUT2D eigenvalue weighted by molar-refractivity contribution is 5.83. The molecule has 2 aromatic rings. The fraction of sp³-hybridized carbons (Fsp3) is 0.571. The van der Waals surface area contributed by atoms with Crippen molar-refractivity contribution < 1.29 is 13.9 Å². The molecule has 1 saturated heterocycles. The summed E-state index contributed by atoms with van der Waals surface area (Å²) in [6.07, 6.45) is 10.8. The average Bonchev–Trinajstić information content (AvgIpc) is 3.56. The second kappa shape index (κ2) is 8.95. The van der Waals surface area contributed by atoms with Crippen molar-refractivity contribution in [2.24, 2.45) is 11.8 Å². The molecule has 1 saturated carbocycles. The summed E-state index contributed by atoms with van der Waals surface area (Å²) in [5, 5.41) is 4.66. The van der Waals surface area contributed by atoms with Gasteiger partial charge in [-0.2, -0.15) is 5.10 Å². The lowest BCUT2D eigenvalue weighted by Crippen LogP contribution is -2.45. The molecule has 6 heteroatoms. The molecule has 1 unspecified atom stereocenters. The zero-order valence-electron chi connectivity index (χ0n) is 20.0. The second-order valence-corrected chi connectivity index (χ2v) is 10.7. The van der Waals surface area contributed by atoms with Gasteiger partial charge in [-0.15, -0.1) is 0 Å². The van der Waals surface area contributed by atoms with Gasteiger partial charge in [-0.05, 0) is 68.7 Å². The number of ether oxygens (including phenoxy) is 1. The highest BCUT2D eigenvalue weighted by Gasteiger charge is 2.41. The zero-order chi connectivity index (χ0) is 23.2. The minimum Gasteiger partial charge on any atom is -0.376 e. The van der Waals surface area contributed by atoms with Crippen molar-refractivity contribution in [1.82, 2.24) is 14.7 Å². The molecule has 1 amide bonds. The van der Waals surface area contributed by atoms with Crippen LogP contribution in [0.5, 0.6) is 0 Å². The molecule has 2 fully saturated rings. The Morgan fingerprint density at radius 2 is 1.97 bits per heavy atom. The summed E-state index contributed by atoms with van der Waals surface area (Å²) >= 11 is 0. The van der Waals surface area contributed by atoms with Crippen molar-refractivity contribution >= 4 is 5.91 Å². The predicted molar refractivity (Wildman–Crippen MR) is 128 cm³/mol. The third kappa shape index (κ3) is 3.90. The summed E-state index contributed by atoms with van der Waals surface area (Å²) in [5.74, 6) is 0.888. The van der Waals surface area contributed by atoms with Crippen LogP contribution in [0.25, 0.3) is 5.69 Å². The molecule has 6 rings (SSSR count). The Balaban J connectivity index is 1.25. The highest BCUT2D eigenvalue weighted by Crippen LogP contribution is 2.48.